The summed E-state index contributed by atoms with van der Waals surface area (Å²) in [6.45, 7) is 8.65. The third-order valence-electron chi connectivity index (χ3n) is 2.75. The highest BCUT2D eigenvalue weighted by Crippen LogP contribution is 2.27. The first kappa shape index (κ1) is 14.6. The van der Waals surface area contributed by atoms with Crippen LogP contribution in [0, 0.1) is 12.8 Å². The van der Waals surface area contributed by atoms with Crippen molar-refractivity contribution in [3.63, 3.8) is 0 Å². The van der Waals surface area contributed by atoms with E-state index in [0.717, 1.165) is 23.8 Å². The van der Waals surface area contributed by atoms with Crippen molar-refractivity contribution in [3.8, 4) is 0 Å². The van der Waals surface area contributed by atoms with Gasteiger partial charge < -0.3 is 5.73 Å². The first-order valence-electron chi connectivity index (χ1n) is 6.32. The fourth-order valence-corrected chi connectivity index (χ4v) is 3.23. The molecule has 3 nitrogen and oxygen atoms in total. The van der Waals surface area contributed by atoms with Gasteiger partial charge in [-0.1, -0.05) is 13.8 Å². The maximum Gasteiger partial charge on any atom is 0.0971 e. The standard InChI is InChI=1S/C13H25N3S/c1-9(2)6-7-17-13-12(8-10(3)14)11(4)15-16(13)5/h9-10H,6-8,14H2,1-5H3. The quantitative estimate of drug-likeness (QED) is 0.795. The van der Waals surface area contributed by atoms with Crippen LogP contribution >= 0.6 is 11.8 Å². The zero-order chi connectivity index (χ0) is 13.0. The summed E-state index contributed by atoms with van der Waals surface area (Å²) in [5, 5.41) is 5.79. The molecule has 0 saturated heterocycles. The molecule has 1 aromatic rings. The van der Waals surface area contributed by atoms with Crippen molar-refractivity contribution in [1.29, 1.82) is 0 Å². The number of aryl methyl sites for hydroxylation is 2. The molecule has 0 radical (unpaired) electrons. The van der Waals surface area contributed by atoms with Gasteiger partial charge in [-0.3, -0.25) is 4.68 Å². The first-order chi connectivity index (χ1) is 7.91. The second-order valence-electron chi connectivity index (χ2n) is 5.21. The smallest absolute Gasteiger partial charge is 0.0971 e. The number of nitrogens with zero attached hydrogens (tertiary/aromatic N) is 2. The van der Waals surface area contributed by atoms with Crippen LogP contribution in [0.1, 0.15) is 38.4 Å². The molecule has 4 heteroatoms. The maximum atomic E-state index is 5.90. The van der Waals surface area contributed by atoms with Crippen molar-refractivity contribution in [3.05, 3.63) is 11.3 Å². The molecule has 0 saturated carbocycles. The molecule has 0 aliphatic heterocycles. The highest BCUT2D eigenvalue weighted by molar-refractivity contribution is 7.99. The Morgan fingerprint density at radius 2 is 2.00 bits per heavy atom. The number of nitrogens with two attached hydrogens (primary N) is 1. The van der Waals surface area contributed by atoms with E-state index in [0.29, 0.717) is 0 Å². The van der Waals surface area contributed by atoms with Gasteiger partial charge in [-0.2, -0.15) is 5.10 Å². The number of rotatable bonds is 6. The monoisotopic (exact) mass is 255 g/mol. The molecule has 1 unspecified atom stereocenters. The summed E-state index contributed by atoms with van der Waals surface area (Å²) < 4.78 is 2.00. The van der Waals surface area contributed by atoms with E-state index in [2.05, 4.69) is 32.8 Å². The first-order valence-corrected chi connectivity index (χ1v) is 7.31. The normalized spacial score (nSPS) is 13.4. The largest absolute Gasteiger partial charge is 0.328 e. The van der Waals surface area contributed by atoms with Crippen LogP contribution in [0.4, 0.5) is 0 Å². The Kier molecular flexibility index (Phi) is 5.53. The van der Waals surface area contributed by atoms with Gasteiger partial charge in [0.05, 0.1) is 10.7 Å². The van der Waals surface area contributed by atoms with Gasteiger partial charge in [0.2, 0.25) is 0 Å². The van der Waals surface area contributed by atoms with Crippen molar-refractivity contribution >= 4 is 11.8 Å². The summed E-state index contributed by atoms with van der Waals surface area (Å²) in [4.78, 5) is 0. The van der Waals surface area contributed by atoms with Gasteiger partial charge in [0.15, 0.2) is 0 Å². The van der Waals surface area contributed by atoms with Gasteiger partial charge in [0, 0.05) is 18.7 Å². The zero-order valence-corrected chi connectivity index (χ0v) is 12.5. The van der Waals surface area contributed by atoms with E-state index in [9.17, 15) is 0 Å². The van der Waals surface area contributed by atoms with Crippen LogP contribution in [-0.4, -0.2) is 21.6 Å². The van der Waals surface area contributed by atoms with Crippen molar-refractivity contribution in [2.45, 2.75) is 51.6 Å². The Morgan fingerprint density at radius 3 is 2.53 bits per heavy atom. The van der Waals surface area contributed by atoms with Crippen LogP contribution in [0.25, 0.3) is 0 Å². The molecule has 1 aromatic heterocycles. The number of thioether (sulfide) groups is 1. The topological polar surface area (TPSA) is 43.8 Å². The minimum Gasteiger partial charge on any atom is -0.328 e. The van der Waals surface area contributed by atoms with Crippen molar-refractivity contribution in [2.24, 2.45) is 18.7 Å². The molecule has 1 atom stereocenters. The summed E-state index contributed by atoms with van der Waals surface area (Å²) in [6.07, 6.45) is 2.16. The van der Waals surface area contributed by atoms with E-state index in [-0.39, 0.29) is 6.04 Å². The van der Waals surface area contributed by atoms with Crippen LogP contribution in [0.2, 0.25) is 0 Å². The number of aromatic nitrogens is 2. The molecule has 0 aliphatic carbocycles. The lowest BCUT2D eigenvalue weighted by atomic mass is 10.1. The fraction of sp³-hybridized carbons (Fsp3) is 0.769. The highest BCUT2D eigenvalue weighted by Gasteiger charge is 2.14. The third kappa shape index (κ3) is 4.36. The molecule has 1 rings (SSSR count). The lowest BCUT2D eigenvalue weighted by molar-refractivity contribution is 0.629. The summed E-state index contributed by atoms with van der Waals surface area (Å²) in [7, 11) is 2.02. The number of hydrogen-bond donors (Lipinski definition) is 1. The SMILES string of the molecule is Cc1nn(C)c(SCCC(C)C)c1CC(C)N. The van der Waals surface area contributed by atoms with Gasteiger partial charge >= 0.3 is 0 Å². The van der Waals surface area contributed by atoms with E-state index >= 15 is 0 Å². The Balaban J connectivity index is 2.74. The summed E-state index contributed by atoms with van der Waals surface area (Å²) >= 11 is 1.91. The molecule has 2 N–H and O–H groups in total. The van der Waals surface area contributed by atoms with Gasteiger partial charge in [0.1, 0.15) is 0 Å². The Hall–Kier alpha value is -0.480. The van der Waals surface area contributed by atoms with E-state index in [1.807, 2.05) is 23.5 Å². The van der Waals surface area contributed by atoms with Crippen LogP contribution in [0.15, 0.2) is 5.03 Å². The molecule has 0 spiro atoms. The summed E-state index contributed by atoms with van der Waals surface area (Å²) in [5.41, 5.74) is 8.35. The highest BCUT2D eigenvalue weighted by atomic mass is 32.2. The minimum atomic E-state index is 0.197. The van der Waals surface area contributed by atoms with E-state index in [1.54, 1.807) is 0 Å². The Labute approximate surface area is 109 Å². The van der Waals surface area contributed by atoms with Crippen molar-refractivity contribution in [2.75, 3.05) is 5.75 Å². The molecule has 0 aliphatic rings. The molecule has 0 amide bonds. The molecule has 17 heavy (non-hydrogen) atoms. The predicted molar refractivity (Wildman–Crippen MR) is 75.5 cm³/mol. The molecule has 98 valence electrons. The van der Waals surface area contributed by atoms with Crippen LogP contribution in [-0.2, 0) is 13.5 Å². The van der Waals surface area contributed by atoms with Crippen molar-refractivity contribution < 1.29 is 0 Å². The van der Waals surface area contributed by atoms with Gasteiger partial charge in [-0.15, -0.1) is 11.8 Å². The second kappa shape index (κ2) is 6.45. The molecule has 1 heterocycles. The van der Waals surface area contributed by atoms with Gasteiger partial charge in [0.25, 0.3) is 0 Å². The summed E-state index contributed by atoms with van der Waals surface area (Å²) in [5.74, 6) is 1.91. The molecule has 0 bridgehead atoms. The van der Waals surface area contributed by atoms with Crippen molar-refractivity contribution in [1.82, 2.24) is 9.78 Å². The molecular weight excluding hydrogens is 230 g/mol. The van der Waals surface area contributed by atoms with Crippen LogP contribution in [0.3, 0.4) is 0 Å². The molecule has 0 aromatic carbocycles. The number of hydrogen-bond acceptors (Lipinski definition) is 3. The van der Waals surface area contributed by atoms with Crippen LogP contribution in [0.5, 0.6) is 0 Å². The predicted octanol–water partition coefficient (Wildman–Crippen LogP) is 2.76. The summed E-state index contributed by atoms with van der Waals surface area (Å²) in [6, 6.07) is 0.197. The average molecular weight is 255 g/mol. The average Bonchev–Trinajstić information content (AvgIpc) is 2.43. The Bertz CT molecular complexity index is 356. The lowest BCUT2D eigenvalue weighted by Gasteiger charge is -2.09. The van der Waals surface area contributed by atoms with E-state index in [4.69, 9.17) is 5.73 Å². The fourth-order valence-electron chi connectivity index (χ4n) is 1.81. The van der Waals surface area contributed by atoms with Crippen LogP contribution < -0.4 is 5.73 Å². The van der Waals surface area contributed by atoms with Gasteiger partial charge in [-0.25, -0.2) is 0 Å². The van der Waals surface area contributed by atoms with E-state index < -0.39 is 0 Å². The van der Waals surface area contributed by atoms with E-state index in [1.165, 1.54) is 17.0 Å². The van der Waals surface area contributed by atoms with Gasteiger partial charge in [-0.05, 0) is 38.4 Å². The maximum absolute atomic E-state index is 5.90. The minimum absolute atomic E-state index is 0.197. The second-order valence-corrected chi connectivity index (χ2v) is 6.29. The molecular formula is C13H25N3S. The lowest BCUT2D eigenvalue weighted by Crippen LogP contribution is -2.18. The molecule has 0 fully saturated rings. The Morgan fingerprint density at radius 1 is 1.35 bits per heavy atom. The third-order valence-corrected chi connectivity index (χ3v) is 3.97. The zero-order valence-electron chi connectivity index (χ0n) is 11.7.